The fourth-order valence-electron chi connectivity index (χ4n) is 2.30. The summed E-state index contributed by atoms with van der Waals surface area (Å²) in [5.41, 5.74) is 1.73. The Bertz CT molecular complexity index is 862. The summed E-state index contributed by atoms with van der Waals surface area (Å²) >= 11 is 7.91. The van der Waals surface area contributed by atoms with Gasteiger partial charge in [0.05, 0.1) is 16.7 Å². The maximum absolute atomic E-state index is 12.0. The monoisotopic (exact) mass is 330 g/mol. The third kappa shape index (κ3) is 3.18. The number of thioether (sulfide) groups is 1. The topological polar surface area (TPSA) is 45.8 Å². The molecule has 3 rings (SSSR count). The molecule has 3 nitrogen and oxygen atoms in total. The van der Waals surface area contributed by atoms with Crippen molar-refractivity contribution in [2.75, 3.05) is 0 Å². The number of halogens is 1. The van der Waals surface area contributed by atoms with E-state index in [9.17, 15) is 4.79 Å². The summed E-state index contributed by atoms with van der Waals surface area (Å²) in [6.07, 6.45) is 0. The van der Waals surface area contributed by atoms with Crippen LogP contribution in [0.1, 0.15) is 23.6 Å². The van der Waals surface area contributed by atoms with E-state index >= 15 is 0 Å². The molecule has 22 heavy (non-hydrogen) atoms. The first-order valence-corrected chi connectivity index (χ1v) is 8.42. The van der Waals surface area contributed by atoms with E-state index in [-0.39, 0.29) is 10.8 Å². The number of hydrogen-bond donors (Lipinski definition) is 1. The number of nitrogens with one attached hydrogen (secondary N) is 1. The van der Waals surface area contributed by atoms with E-state index in [4.69, 9.17) is 11.6 Å². The van der Waals surface area contributed by atoms with Gasteiger partial charge in [-0.25, -0.2) is 4.98 Å². The first-order chi connectivity index (χ1) is 10.6. The maximum Gasteiger partial charge on any atom is 0.258 e. The highest BCUT2D eigenvalue weighted by atomic mass is 35.5. The third-order valence-electron chi connectivity index (χ3n) is 3.48. The second-order valence-electron chi connectivity index (χ2n) is 5.00. The molecule has 1 atom stereocenters. The van der Waals surface area contributed by atoms with Crippen molar-refractivity contribution in [1.82, 2.24) is 9.97 Å². The Morgan fingerprint density at radius 3 is 2.73 bits per heavy atom. The number of H-pyrrole nitrogens is 1. The van der Waals surface area contributed by atoms with Gasteiger partial charge in [0.25, 0.3) is 5.56 Å². The Morgan fingerprint density at radius 1 is 1.18 bits per heavy atom. The molecule has 3 aromatic rings. The molecule has 1 heterocycles. The van der Waals surface area contributed by atoms with Crippen molar-refractivity contribution in [3.8, 4) is 0 Å². The van der Waals surface area contributed by atoms with Crippen molar-refractivity contribution < 1.29 is 0 Å². The number of benzene rings is 2. The van der Waals surface area contributed by atoms with E-state index in [0.717, 1.165) is 16.1 Å². The standard InChI is InChI=1S/C17H15ClN2OS/c1-11(12-6-2-4-8-14(12)18)22-10-16-19-15-9-5-3-7-13(15)17(21)20-16/h2-9,11H,10H2,1H3,(H,19,20,21)/t11-/m0/s1. The molecule has 0 saturated heterocycles. The average molecular weight is 331 g/mol. The van der Waals surface area contributed by atoms with Crippen LogP contribution in [0, 0.1) is 0 Å². The minimum atomic E-state index is -0.0911. The lowest BCUT2D eigenvalue weighted by Gasteiger charge is -2.13. The van der Waals surface area contributed by atoms with Crippen LogP contribution in [0.3, 0.4) is 0 Å². The van der Waals surface area contributed by atoms with Gasteiger partial charge >= 0.3 is 0 Å². The molecule has 1 N–H and O–H groups in total. The molecule has 1 aromatic heterocycles. The number of rotatable bonds is 4. The van der Waals surface area contributed by atoms with Crippen LogP contribution < -0.4 is 5.56 Å². The lowest BCUT2D eigenvalue weighted by molar-refractivity contribution is 1.02. The zero-order valence-corrected chi connectivity index (χ0v) is 13.6. The van der Waals surface area contributed by atoms with Crippen LogP contribution in [0.4, 0.5) is 0 Å². The lowest BCUT2D eigenvalue weighted by atomic mass is 10.2. The van der Waals surface area contributed by atoms with Gasteiger partial charge in [-0.2, -0.15) is 0 Å². The van der Waals surface area contributed by atoms with Gasteiger partial charge in [0.2, 0.25) is 0 Å². The van der Waals surface area contributed by atoms with Crippen molar-refractivity contribution in [2.45, 2.75) is 17.9 Å². The van der Waals surface area contributed by atoms with Crippen LogP contribution in [0.25, 0.3) is 10.9 Å². The minimum Gasteiger partial charge on any atom is -0.309 e. The Balaban J connectivity index is 1.79. The van der Waals surface area contributed by atoms with Gasteiger partial charge in [-0.1, -0.05) is 41.9 Å². The van der Waals surface area contributed by atoms with E-state index in [1.165, 1.54) is 0 Å². The fraction of sp³-hybridized carbons (Fsp3) is 0.176. The van der Waals surface area contributed by atoms with Gasteiger partial charge in [0.15, 0.2) is 0 Å². The molecule has 0 radical (unpaired) electrons. The van der Waals surface area contributed by atoms with Crippen molar-refractivity contribution in [1.29, 1.82) is 0 Å². The summed E-state index contributed by atoms with van der Waals surface area (Å²) < 4.78 is 0. The predicted octanol–water partition coefficient (Wildman–Crippen LogP) is 4.57. The quantitative estimate of drug-likeness (QED) is 0.762. The van der Waals surface area contributed by atoms with Crippen LogP contribution in [-0.2, 0) is 5.75 Å². The third-order valence-corrected chi connectivity index (χ3v) is 5.01. The largest absolute Gasteiger partial charge is 0.309 e. The van der Waals surface area contributed by atoms with Crippen LogP contribution in [0.5, 0.6) is 0 Å². The molecular formula is C17H15ClN2OS. The smallest absolute Gasteiger partial charge is 0.258 e. The molecule has 0 aliphatic rings. The highest BCUT2D eigenvalue weighted by Crippen LogP contribution is 2.34. The number of aromatic nitrogens is 2. The van der Waals surface area contributed by atoms with E-state index in [1.54, 1.807) is 17.8 Å². The van der Waals surface area contributed by atoms with E-state index < -0.39 is 0 Å². The second kappa shape index (κ2) is 6.55. The lowest BCUT2D eigenvalue weighted by Crippen LogP contribution is -2.11. The molecule has 0 fully saturated rings. The molecule has 0 aliphatic heterocycles. The molecule has 112 valence electrons. The highest BCUT2D eigenvalue weighted by Gasteiger charge is 2.11. The molecule has 0 saturated carbocycles. The van der Waals surface area contributed by atoms with Gasteiger partial charge < -0.3 is 4.98 Å². The zero-order valence-electron chi connectivity index (χ0n) is 12.0. The molecule has 0 aliphatic carbocycles. The van der Waals surface area contributed by atoms with Gasteiger partial charge in [-0.15, -0.1) is 11.8 Å². The van der Waals surface area contributed by atoms with Gasteiger partial charge in [0.1, 0.15) is 5.82 Å². The SMILES string of the molecule is C[C@H](SCc1nc2ccccc2c(=O)[nH]1)c1ccccc1Cl. The minimum absolute atomic E-state index is 0.0911. The van der Waals surface area contributed by atoms with Crippen molar-refractivity contribution in [3.63, 3.8) is 0 Å². The summed E-state index contributed by atoms with van der Waals surface area (Å²) in [5, 5.41) is 1.61. The van der Waals surface area contributed by atoms with E-state index in [1.807, 2.05) is 42.5 Å². The highest BCUT2D eigenvalue weighted by molar-refractivity contribution is 7.98. The molecular weight excluding hydrogens is 316 g/mol. The van der Waals surface area contributed by atoms with E-state index in [2.05, 4.69) is 16.9 Å². The fourth-order valence-corrected chi connectivity index (χ4v) is 3.60. The van der Waals surface area contributed by atoms with Crippen LogP contribution >= 0.6 is 23.4 Å². The van der Waals surface area contributed by atoms with Crippen LogP contribution in [0.2, 0.25) is 5.02 Å². The van der Waals surface area contributed by atoms with Gasteiger partial charge in [-0.3, -0.25) is 4.79 Å². The number of fused-ring (bicyclic) bond motifs is 1. The normalized spacial score (nSPS) is 12.5. The summed E-state index contributed by atoms with van der Waals surface area (Å²) in [6.45, 7) is 2.10. The first-order valence-electron chi connectivity index (χ1n) is 6.99. The Kier molecular flexibility index (Phi) is 4.50. The van der Waals surface area contributed by atoms with Crippen molar-refractivity contribution >= 4 is 34.3 Å². The summed E-state index contributed by atoms with van der Waals surface area (Å²) in [4.78, 5) is 19.4. The Hall–Kier alpha value is -1.78. The molecule has 0 unspecified atom stereocenters. The number of para-hydroxylation sites is 1. The second-order valence-corrected chi connectivity index (χ2v) is 6.74. The molecule has 0 bridgehead atoms. The maximum atomic E-state index is 12.0. The van der Waals surface area contributed by atoms with Crippen molar-refractivity contribution in [2.24, 2.45) is 0 Å². The van der Waals surface area contributed by atoms with Crippen LogP contribution in [-0.4, -0.2) is 9.97 Å². The first kappa shape index (κ1) is 15.1. The van der Waals surface area contributed by atoms with Gasteiger partial charge in [-0.05, 0) is 30.7 Å². The molecule has 2 aromatic carbocycles. The molecule has 0 amide bonds. The summed E-state index contributed by atoms with van der Waals surface area (Å²) in [6, 6.07) is 15.2. The van der Waals surface area contributed by atoms with Gasteiger partial charge in [0, 0.05) is 10.3 Å². The summed E-state index contributed by atoms with van der Waals surface area (Å²) in [5.74, 6) is 1.32. The zero-order chi connectivity index (χ0) is 15.5. The van der Waals surface area contributed by atoms with Crippen molar-refractivity contribution in [3.05, 3.63) is 75.3 Å². The summed E-state index contributed by atoms with van der Waals surface area (Å²) in [7, 11) is 0. The Morgan fingerprint density at radius 2 is 1.91 bits per heavy atom. The Labute approximate surface area is 137 Å². The molecule has 5 heteroatoms. The average Bonchev–Trinajstić information content (AvgIpc) is 2.53. The number of nitrogens with zero attached hydrogens (tertiary/aromatic N) is 1. The molecule has 0 spiro atoms. The van der Waals surface area contributed by atoms with Crippen LogP contribution in [0.15, 0.2) is 53.3 Å². The number of hydrogen-bond acceptors (Lipinski definition) is 3. The van der Waals surface area contributed by atoms with E-state index in [0.29, 0.717) is 17.0 Å². The number of aromatic amines is 1. The predicted molar refractivity (Wildman–Crippen MR) is 93.5 cm³/mol.